The van der Waals surface area contributed by atoms with Crippen molar-refractivity contribution >= 4 is 16.9 Å². The summed E-state index contributed by atoms with van der Waals surface area (Å²) in [5.74, 6) is 0.838. The molecule has 1 aliphatic rings. The first-order valence-electron chi connectivity index (χ1n) is 8.33. The zero-order valence-electron chi connectivity index (χ0n) is 14.2. The van der Waals surface area contributed by atoms with E-state index in [9.17, 15) is 4.79 Å². The standard InChI is InChI=1S/C17H25N5O/c1-12-10-14(15-11-19-21(3)16(15)20-12)17(23)22-8-5-13(6-9-22)4-7-18-2/h10-11,13,18H,4-9H2,1-3H3. The van der Waals surface area contributed by atoms with E-state index in [4.69, 9.17) is 0 Å². The van der Waals surface area contributed by atoms with E-state index in [1.807, 2.05) is 32.0 Å². The average molecular weight is 315 g/mol. The van der Waals surface area contributed by atoms with Crippen molar-refractivity contribution in [1.82, 2.24) is 25.0 Å². The second kappa shape index (κ2) is 6.66. The summed E-state index contributed by atoms with van der Waals surface area (Å²) >= 11 is 0. The molecule has 3 rings (SSSR count). The molecule has 23 heavy (non-hydrogen) atoms. The van der Waals surface area contributed by atoms with Gasteiger partial charge >= 0.3 is 0 Å². The van der Waals surface area contributed by atoms with Gasteiger partial charge in [-0.3, -0.25) is 9.48 Å². The van der Waals surface area contributed by atoms with Crippen LogP contribution in [0.5, 0.6) is 0 Å². The van der Waals surface area contributed by atoms with Crippen LogP contribution in [0, 0.1) is 12.8 Å². The summed E-state index contributed by atoms with van der Waals surface area (Å²) in [4.78, 5) is 19.4. The Hall–Kier alpha value is -1.95. The molecular formula is C17H25N5O. The molecule has 0 radical (unpaired) electrons. The molecule has 3 heterocycles. The first kappa shape index (κ1) is 15.9. The molecular weight excluding hydrogens is 290 g/mol. The quantitative estimate of drug-likeness (QED) is 0.933. The number of nitrogens with one attached hydrogen (secondary N) is 1. The molecule has 0 aromatic carbocycles. The summed E-state index contributed by atoms with van der Waals surface area (Å²) in [6, 6.07) is 1.89. The van der Waals surface area contributed by atoms with E-state index >= 15 is 0 Å². The molecule has 6 nitrogen and oxygen atoms in total. The minimum Gasteiger partial charge on any atom is -0.339 e. The number of fused-ring (bicyclic) bond motifs is 1. The number of hydrogen-bond donors (Lipinski definition) is 1. The van der Waals surface area contributed by atoms with Crippen LogP contribution in [-0.4, -0.2) is 52.3 Å². The van der Waals surface area contributed by atoms with Gasteiger partial charge in [0.1, 0.15) is 0 Å². The minimum atomic E-state index is 0.112. The van der Waals surface area contributed by atoms with Gasteiger partial charge in [0, 0.05) is 25.8 Å². The molecule has 1 fully saturated rings. The maximum atomic E-state index is 12.9. The summed E-state index contributed by atoms with van der Waals surface area (Å²) in [7, 11) is 3.85. The van der Waals surface area contributed by atoms with Crippen LogP contribution in [0.15, 0.2) is 12.3 Å². The van der Waals surface area contributed by atoms with Crippen LogP contribution < -0.4 is 5.32 Å². The molecule has 2 aromatic heterocycles. The first-order valence-corrected chi connectivity index (χ1v) is 8.33. The van der Waals surface area contributed by atoms with Crippen molar-refractivity contribution in [3.63, 3.8) is 0 Å². The SMILES string of the molecule is CNCCC1CCN(C(=O)c2cc(C)nc3c2cnn3C)CC1. The maximum absolute atomic E-state index is 12.9. The van der Waals surface area contributed by atoms with Crippen LogP contribution in [0.25, 0.3) is 11.0 Å². The fraction of sp³-hybridized carbons (Fsp3) is 0.588. The smallest absolute Gasteiger partial charge is 0.254 e. The highest BCUT2D eigenvalue weighted by molar-refractivity contribution is 6.05. The molecule has 0 spiro atoms. The first-order chi connectivity index (χ1) is 11.1. The monoisotopic (exact) mass is 315 g/mol. The number of carbonyl (C=O) groups excluding carboxylic acids is 1. The van der Waals surface area contributed by atoms with Crippen molar-refractivity contribution in [3.8, 4) is 0 Å². The van der Waals surface area contributed by atoms with Gasteiger partial charge in [-0.15, -0.1) is 0 Å². The number of piperidine rings is 1. The second-order valence-corrected chi connectivity index (χ2v) is 6.44. The Morgan fingerprint density at radius 1 is 1.39 bits per heavy atom. The van der Waals surface area contributed by atoms with E-state index < -0.39 is 0 Å². The van der Waals surface area contributed by atoms with Crippen LogP contribution >= 0.6 is 0 Å². The van der Waals surface area contributed by atoms with Gasteiger partial charge in [-0.25, -0.2) is 4.98 Å². The largest absolute Gasteiger partial charge is 0.339 e. The van der Waals surface area contributed by atoms with E-state index in [0.717, 1.165) is 60.7 Å². The summed E-state index contributed by atoms with van der Waals surface area (Å²) in [6.07, 6.45) is 5.12. The van der Waals surface area contributed by atoms with Gasteiger partial charge in [-0.1, -0.05) is 0 Å². The van der Waals surface area contributed by atoms with E-state index in [-0.39, 0.29) is 5.91 Å². The van der Waals surface area contributed by atoms with Gasteiger partial charge in [-0.2, -0.15) is 5.10 Å². The minimum absolute atomic E-state index is 0.112. The van der Waals surface area contributed by atoms with Gasteiger partial charge in [0.25, 0.3) is 5.91 Å². The zero-order chi connectivity index (χ0) is 16.4. The molecule has 0 atom stereocenters. The van der Waals surface area contributed by atoms with Gasteiger partial charge < -0.3 is 10.2 Å². The lowest BCUT2D eigenvalue weighted by Crippen LogP contribution is -2.39. The number of pyridine rings is 1. The van der Waals surface area contributed by atoms with Crippen LogP contribution in [0.2, 0.25) is 0 Å². The molecule has 0 saturated carbocycles. The number of carbonyl (C=O) groups is 1. The van der Waals surface area contributed by atoms with Crippen LogP contribution in [0.4, 0.5) is 0 Å². The lowest BCUT2D eigenvalue weighted by atomic mass is 9.93. The number of aromatic nitrogens is 3. The third-order valence-electron chi connectivity index (χ3n) is 4.77. The third-order valence-corrected chi connectivity index (χ3v) is 4.77. The highest BCUT2D eigenvalue weighted by atomic mass is 16.2. The molecule has 1 saturated heterocycles. The Balaban J connectivity index is 1.77. The van der Waals surface area contributed by atoms with Crippen LogP contribution in [-0.2, 0) is 7.05 Å². The Morgan fingerprint density at radius 3 is 2.83 bits per heavy atom. The Morgan fingerprint density at radius 2 is 2.13 bits per heavy atom. The molecule has 0 bridgehead atoms. The van der Waals surface area contributed by atoms with Crippen molar-refractivity contribution in [2.24, 2.45) is 13.0 Å². The lowest BCUT2D eigenvalue weighted by Gasteiger charge is -2.32. The molecule has 0 unspecified atom stereocenters. The summed E-state index contributed by atoms with van der Waals surface area (Å²) < 4.78 is 1.73. The van der Waals surface area contributed by atoms with Crippen molar-refractivity contribution in [1.29, 1.82) is 0 Å². The van der Waals surface area contributed by atoms with Gasteiger partial charge in [0.2, 0.25) is 0 Å². The van der Waals surface area contributed by atoms with Crippen molar-refractivity contribution in [3.05, 3.63) is 23.5 Å². The number of aryl methyl sites for hydroxylation is 2. The summed E-state index contributed by atoms with van der Waals surface area (Å²) in [6.45, 7) is 4.67. The van der Waals surface area contributed by atoms with E-state index in [0.29, 0.717) is 0 Å². The molecule has 1 aliphatic heterocycles. The highest BCUT2D eigenvalue weighted by Gasteiger charge is 2.25. The van der Waals surface area contributed by atoms with Gasteiger partial charge in [-0.05, 0) is 51.8 Å². The predicted octanol–water partition coefficient (Wildman–Crippen LogP) is 1.74. The van der Waals surface area contributed by atoms with Crippen molar-refractivity contribution in [2.75, 3.05) is 26.7 Å². The Labute approximate surface area is 136 Å². The summed E-state index contributed by atoms with van der Waals surface area (Å²) in [5.41, 5.74) is 2.36. The van der Waals surface area contributed by atoms with Crippen LogP contribution in [0.3, 0.4) is 0 Å². The molecule has 124 valence electrons. The number of rotatable bonds is 4. The van der Waals surface area contributed by atoms with E-state index in [1.54, 1.807) is 10.9 Å². The number of hydrogen-bond acceptors (Lipinski definition) is 4. The molecule has 1 N–H and O–H groups in total. The lowest BCUT2D eigenvalue weighted by molar-refractivity contribution is 0.0689. The third kappa shape index (κ3) is 3.22. The topological polar surface area (TPSA) is 63.1 Å². The van der Waals surface area contributed by atoms with Crippen LogP contribution in [0.1, 0.15) is 35.3 Å². The fourth-order valence-electron chi connectivity index (χ4n) is 3.36. The van der Waals surface area contributed by atoms with Gasteiger partial charge in [0.05, 0.1) is 17.1 Å². The summed E-state index contributed by atoms with van der Waals surface area (Å²) in [5, 5.41) is 8.30. The average Bonchev–Trinajstić information content (AvgIpc) is 2.93. The zero-order valence-corrected chi connectivity index (χ0v) is 14.2. The molecule has 6 heteroatoms. The van der Waals surface area contributed by atoms with Gasteiger partial charge in [0.15, 0.2) is 5.65 Å². The second-order valence-electron chi connectivity index (χ2n) is 6.44. The fourth-order valence-corrected chi connectivity index (χ4v) is 3.36. The Bertz CT molecular complexity index is 700. The maximum Gasteiger partial charge on any atom is 0.254 e. The molecule has 1 amide bonds. The van der Waals surface area contributed by atoms with Crippen molar-refractivity contribution < 1.29 is 4.79 Å². The van der Waals surface area contributed by atoms with Crippen molar-refractivity contribution in [2.45, 2.75) is 26.2 Å². The van der Waals surface area contributed by atoms with E-state index in [2.05, 4.69) is 15.4 Å². The normalized spacial score (nSPS) is 16.2. The number of amides is 1. The number of nitrogens with zero attached hydrogens (tertiary/aromatic N) is 4. The predicted molar refractivity (Wildman–Crippen MR) is 90.4 cm³/mol. The Kier molecular flexibility index (Phi) is 4.61. The molecule has 2 aromatic rings. The highest BCUT2D eigenvalue weighted by Crippen LogP contribution is 2.24. The number of likely N-dealkylation sites (tertiary alicyclic amines) is 1. The van der Waals surface area contributed by atoms with E-state index in [1.165, 1.54) is 6.42 Å². The molecule has 0 aliphatic carbocycles.